The highest BCUT2D eigenvalue weighted by molar-refractivity contribution is 5.98. The molecule has 1 unspecified atom stereocenters. The fourth-order valence-corrected chi connectivity index (χ4v) is 2.29. The highest BCUT2D eigenvalue weighted by Gasteiger charge is 2.25. The zero-order valence-electron chi connectivity index (χ0n) is 12.9. The number of carbonyl (C=O) groups is 1. The van der Waals surface area contributed by atoms with Crippen LogP contribution in [0.15, 0.2) is 18.2 Å². The van der Waals surface area contributed by atoms with E-state index in [1.807, 2.05) is 12.1 Å². The van der Waals surface area contributed by atoms with Crippen molar-refractivity contribution >= 4 is 5.78 Å². The van der Waals surface area contributed by atoms with E-state index in [9.17, 15) is 4.79 Å². The van der Waals surface area contributed by atoms with Crippen molar-refractivity contribution in [3.8, 4) is 11.5 Å². The van der Waals surface area contributed by atoms with Gasteiger partial charge in [-0.1, -0.05) is 13.8 Å². The fourth-order valence-electron chi connectivity index (χ4n) is 2.29. The van der Waals surface area contributed by atoms with Crippen LogP contribution in [0.5, 0.6) is 11.5 Å². The average Bonchev–Trinajstić information content (AvgIpc) is 3.04. The molecule has 0 radical (unpaired) electrons. The molecule has 0 amide bonds. The van der Waals surface area contributed by atoms with Gasteiger partial charge in [-0.05, 0) is 37.5 Å². The lowest BCUT2D eigenvalue weighted by Crippen LogP contribution is -2.15. The molecule has 21 heavy (non-hydrogen) atoms. The molecule has 1 fully saturated rings. The molecule has 1 saturated heterocycles. The van der Waals surface area contributed by atoms with Crippen molar-refractivity contribution in [3.63, 3.8) is 0 Å². The predicted octanol–water partition coefficient (Wildman–Crippen LogP) is 3.48. The minimum Gasteiger partial charge on any atom is -0.490 e. The van der Waals surface area contributed by atoms with Crippen LogP contribution in [0, 0.1) is 5.92 Å². The van der Waals surface area contributed by atoms with Crippen LogP contribution in [0.25, 0.3) is 0 Å². The van der Waals surface area contributed by atoms with Crippen LogP contribution < -0.4 is 9.47 Å². The van der Waals surface area contributed by atoms with Gasteiger partial charge in [0.1, 0.15) is 0 Å². The second-order valence-corrected chi connectivity index (χ2v) is 5.28. The van der Waals surface area contributed by atoms with Crippen molar-refractivity contribution in [2.24, 2.45) is 5.92 Å². The van der Waals surface area contributed by atoms with Crippen molar-refractivity contribution in [2.75, 3.05) is 26.4 Å². The molecular formula is C17H24O4. The maximum atomic E-state index is 12.4. The first-order valence-corrected chi connectivity index (χ1v) is 7.77. The topological polar surface area (TPSA) is 44.8 Å². The maximum Gasteiger partial charge on any atom is 0.168 e. The lowest BCUT2D eigenvalue weighted by Gasteiger charge is -2.14. The zero-order valence-corrected chi connectivity index (χ0v) is 12.9. The van der Waals surface area contributed by atoms with Crippen LogP contribution in [0.1, 0.15) is 43.5 Å². The summed E-state index contributed by atoms with van der Waals surface area (Å²) in [4.78, 5) is 12.4. The predicted molar refractivity (Wildman–Crippen MR) is 81.3 cm³/mol. The summed E-state index contributed by atoms with van der Waals surface area (Å²) < 4.78 is 16.7. The van der Waals surface area contributed by atoms with E-state index in [1.54, 1.807) is 6.07 Å². The van der Waals surface area contributed by atoms with Gasteiger partial charge in [0.05, 0.1) is 19.8 Å². The summed E-state index contributed by atoms with van der Waals surface area (Å²) in [5, 5.41) is 0. The molecule has 1 aliphatic rings. The van der Waals surface area contributed by atoms with Gasteiger partial charge in [0.25, 0.3) is 0 Å². The molecular weight excluding hydrogens is 268 g/mol. The summed E-state index contributed by atoms with van der Waals surface area (Å²) >= 11 is 0. The summed E-state index contributed by atoms with van der Waals surface area (Å²) in [6.07, 6.45) is 2.66. The van der Waals surface area contributed by atoms with E-state index in [1.165, 1.54) is 0 Å². The molecule has 116 valence electrons. The minimum atomic E-state index is -0.0218. The maximum absolute atomic E-state index is 12.4. The van der Waals surface area contributed by atoms with Crippen molar-refractivity contribution in [3.05, 3.63) is 23.8 Å². The van der Waals surface area contributed by atoms with E-state index in [4.69, 9.17) is 14.2 Å². The molecule has 1 heterocycles. The largest absolute Gasteiger partial charge is 0.490 e. The van der Waals surface area contributed by atoms with Gasteiger partial charge >= 0.3 is 0 Å². The van der Waals surface area contributed by atoms with Crippen molar-refractivity contribution in [1.29, 1.82) is 0 Å². The fraction of sp³-hybridized carbons (Fsp3) is 0.588. The second-order valence-electron chi connectivity index (χ2n) is 5.28. The van der Waals surface area contributed by atoms with Gasteiger partial charge in [-0.3, -0.25) is 4.79 Å². The highest BCUT2D eigenvalue weighted by atomic mass is 16.5. The second kappa shape index (κ2) is 8.03. The number of Topliss-reactive ketones (excluding diaryl/α,β-unsaturated/α-hetero) is 1. The summed E-state index contributed by atoms with van der Waals surface area (Å²) in [6, 6.07) is 5.47. The number of ether oxygens (including phenoxy) is 3. The Labute approximate surface area is 126 Å². The summed E-state index contributed by atoms with van der Waals surface area (Å²) in [6.45, 7) is 6.58. The zero-order chi connectivity index (χ0) is 15.1. The Kier molecular flexibility index (Phi) is 6.05. The van der Waals surface area contributed by atoms with E-state index < -0.39 is 0 Å². The smallest absolute Gasteiger partial charge is 0.168 e. The van der Waals surface area contributed by atoms with Gasteiger partial charge in [0, 0.05) is 18.1 Å². The van der Waals surface area contributed by atoms with Gasteiger partial charge in [-0.2, -0.15) is 0 Å². The number of ketones is 1. The molecule has 0 spiro atoms. The Morgan fingerprint density at radius 2 is 1.90 bits per heavy atom. The quantitative estimate of drug-likeness (QED) is 0.688. The number of hydrogen-bond donors (Lipinski definition) is 0. The summed E-state index contributed by atoms with van der Waals surface area (Å²) in [5.74, 6) is 1.49. The molecule has 2 rings (SSSR count). The van der Waals surface area contributed by atoms with Crippen molar-refractivity contribution < 1.29 is 19.0 Å². The molecule has 4 nitrogen and oxygen atoms in total. The summed E-state index contributed by atoms with van der Waals surface area (Å²) in [7, 11) is 0. The first kappa shape index (κ1) is 15.8. The lowest BCUT2D eigenvalue weighted by molar-refractivity contribution is 0.0899. The molecule has 1 aromatic rings. The third-order valence-electron chi connectivity index (χ3n) is 3.45. The van der Waals surface area contributed by atoms with E-state index >= 15 is 0 Å². The lowest BCUT2D eigenvalue weighted by atomic mass is 9.97. The van der Waals surface area contributed by atoms with Crippen LogP contribution in [0.2, 0.25) is 0 Å². The van der Waals surface area contributed by atoms with Gasteiger partial charge in [0.2, 0.25) is 0 Å². The molecule has 1 aliphatic heterocycles. The standard InChI is InChI=1S/C17H24O4/c1-3-8-20-15-6-5-13(11-16(15)21-9-4-2)17(18)14-7-10-19-12-14/h5-6,11,14H,3-4,7-10,12H2,1-2H3. The van der Waals surface area contributed by atoms with Crippen LogP contribution in [0.4, 0.5) is 0 Å². The van der Waals surface area contributed by atoms with Crippen LogP contribution in [0.3, 0.4) is 0 Å². The molecule has 0 N–H and O–H groups in total. The number of carbonyl (C=O) groups excluding carboxylic acids is 1. The third-order valence-corrected chi connectivity index (χ3v) is 3.45. The normalized spacial score (nSPS) is 17.7. The number of rotatable bonds is 8. The highest BCUT2D eigenvalue weighted by Crippen LogP contribution is 2.30. The number of benzene rings is 1. The molecule has 0 saturated carbocycles. The van der Waals surface area contributed by atoms with Gasteiger partial charge < -0.3 is 14.2 Å². The SMILES string of the molecule is CCCOc1ccc(C(=O)C2CCOC2)cc1OCCC. The van der Waals surface area contributed by atoms with Crippen LogP contribution in [-0.2, 0) is 4.74 Å². The Hall–Kier alpha value is -1.55. The minimum absolute atomic E-state index is 0.0218. The van der Waals surface area contributed by atoms with Gasteiger partial charge in [-0.15, -0.1) is 0 Å². The van der Waals surface area contributed by atoms with Crippen molar-refractivity contribution in [1.82, 2.24) is 0 Å². The Morgan fingerprint density at radius 3 is 2.52 bits per heavy atom. The summed E-state index contributed by atoms with van der Waals surface area (Å²) in [5.41, 5.74) is 0.681. The third kappa shape index (κ3) is 4.21. The van der Waals surface area contributed by atoms with Gasteiger partial charge in [-0.25, -0.2) is 0 Å². The molecule has 4 heteroatoms. The van der Waals surface area contributed by atoms with E-state index in [2.05, 4.69) is 13.8 Å². The molecule has 0 aliphatic carbocycles. The molecule has 1 aromatic carbocycles. The van der Waals surface area contributed by atoms with E-state index in [0.29, 0.717) is 43.5 Å². The molecule has 0 aromatic heterocycles. The van der Waals surface area contributed by atoms with Crippen molar-refractivity contribution in [2.45, 2.75) is 33.1 Å². The first-order valence-electron chi connectivity index (χ1n) is 7.77. The van der Waals surface area contributed by atoms with Gasteiger partial charge in [0.15, 0.2) is 17.3 Å². The molecule has 0 bridgehead atoms. The van der Waals surface area contributed by atoms with E-state index in [0.717, 1.165) is 19.3 Å². The van der Waals surface area contributed by atoms with E-state index in [-0.39, 0.29) is 11.7 Å². The Balaban J connectivity index is 2.16. The Morgan fingerprint density at radius 1 is 1.19 bits per heavy atom. The average molecular weight is 292 g/mol. The Bertz CT molecular complexity index is 464. The van der Waals surface area contributed by atoms with Crippen LogP contribution >= 0.6 is 0 Å². The first-order chi connectivity index (χ1) is 10.3. The monoisotopic (exact) mass is 292 g/mol. The number of hydrogen-bond acceptors (Lipinski definition) is 4. The molecule has 1 atom stereocenters. The van der Waals surface area contributed by atoms with Crippen LogP contribution in [-0.4, -0.2) is 32.2 Å².